The molecular weight excluding hydrogens is 358 g/mol. The van der Waals surface area contributed by atoms with Crippen molar-refractivity contribution in [3.05, 3.63) is 54.6 Å². The van der Waals surface area contributed by atoms with Crippen LogP contribution in [-0.2, 0) is 7.05 Å². The molecule has 0 radical (unpaired) electrons. The summed E-state index contributed by atoms with van der Waals surface area (Å²) in [5.74, 6) is -0.492. The number of aryl methyl sites for hydroxylation is 2. The Labute approximate surface area is 143 Å². The molecule has 3 aromatic rings. The summed E-state index contributed by atoms with van der Waals surface area (Å²) < 4.78 is 2.76. The minimum Gasteiger partial charge on any atom is -0.319 e. The molecule has 0 saturated carbocycles. The summed E-state index contributed by atoms with van der Waals surface area (Å²) in [5, 5.41) is 11.2. The lowest BCUT2D eigenvalue weighted by Crippen LogP contribution is -2.13. The van der Waals surface area contributed by atoms with Gasteiger partial charge in [0.15, 0.2) is 4.80 Å². The molecule has 0 fully saturated rings. The molecule has 3 rings (SSSR count). The zero-order chi connectivity index (χ0) is 16.7. The molecule has 0 atom stereocenters. The minimum absolute atomic E-state index is 0.0770. The summed E-state index contributed by atoms with van der Waals surface area (Å²) in [6.07, 6.45) is 0. The van der Waals surface area contributed by atoms with E-state index in [1.54, 1.807) is 0 Å². The number of thiophene rings is 1. The van der Waals surface area contributed by atoms with E-state index in [0.717, 1.165) is 27.1 Å². The van der Waals surface area contributed by atoms with Crippen LogP contribution in [-0.4, -0.2) is 15.4 Å². The van der Waals surface area contributed by atoms with Crippen LogP contribution in [0.5, 0.6) is 0 Å². The second-order valence-corrected chi connectivity index (χ2v) is 7.33. The standard InChI is InChI=1S/C14H10ClN3O3S2/c1-7-5-8(15)6-10-12(7)17(2)14(23-10)16-13(19)9-3-4-11(22-9)18(20)21/h3-6H,1-2H3. The average Bonchev–Trinajstić information content (AvgIpc) is 3.05. The van der Waals surface area contributed by atoms with Crippen LogP contribution < -0.4 is 4.80 Å². The van der Waals surface area contributed by atoms with Gasteiger partial charge < -0.3 is 4.57 Å². The first kappa shape index (κ1) is 15.9. The van der Waals surface area contributed by atoms with Crippen molar-refractivity contribution in [1.82, 2.24) is 4.57 Å². The third-order valence-electron chi connectivity index (χ3n) is 3.23. The van der Waals surface area contributed by atoms with Gasteiger partial charge in [0.05, 0.1) is 15.1 Å². The summed E-state index contributed by atoms with van der Waals surface area (Å²) in [5.41, 5.74) is 1.95. The van der Waals surface area contributed by atoms with Crippen LogP contribution in [0, 0.1) is 17.0 Å². The fraction of sp³-hybridized carbons (Fsp3) is 0.143. The third kappa shape index (κ3) is 2.92. The zero-order valence-electron chi connectivity index (χ0n) is 12.1. The van der Waals surface area contributed by atoms with Crippen molar-refractivity contribution in [2.75, 3.05) is 0 Å². The van der Waals surface area contributed by atoms with E-state index in [4.69, 9.17) is 11.6 Å². The summed E-state index contributed by atoms with van der Waals surface area (Å²) in [4.78, 5) is 27.2. The van der Waals surface area contributed by atoms with E-state index in [-0.39, 0.29) is 9.88 Å². The summed E-state index contributed by atoms with van der Waals surface area (Å²) in [7, 11) is 1.82. The van der Waals surface area contributed by atoms with Gasteiger partial charge in [0, 0.05) is 18.1 Å². The van der Waals surface area contributed by atoms with E-state index >= 15 is 0 Å². The number of carbonyl (C=O) groups excluding carboxylic acids is 1. The molecule has 6 nitrogen and oxygen atoms in total. The van der Waals surface area contributed by atoms with Gasteiger partial charge in [-0.25, -0.2) is 0 Å². The van der Waals surface area contributed by atoms with Crippen LogP contribution in [0.3, 0.4) is 0 Å². The van der Waals surface area contributed by atoms with Crippen LogP contribution in [0.4, 0.5) is 5.00 Å². The normalized spacial score (nSPS) is 12.0. The van der Waals surface area contributed by atoms with Crippen molar-refractivity contribution in [2.24, 2.45) is 12.0 Å². The van der Waals surface area contributed by atoms with E-state index < -0.39 is 10.8 Å². The minimum atomic E-state index is -0.522. The van der Waals surface area contributed by atoms with E-state index in [9.17, 15) is 14.9 Å². The molecular formula is C14H10ClN3O3S2. The number of amides is 1. The molecule has 2 heterocycles. The lowest BCUT2D eigenvalue weighted by atomic mass is 10.2. The maximum Gasteiger partial charge on any atom is 0.324 e. The highest BCUT2D eigenvalue weighted by Gasteiger charge is 2.15. The van der Waals surface area contributed by atoms with Gasteiger partial charge >= 0.3 is 5.00 Å². The molecule has 0 aliphatic carbocycles. The van der Waals surface area contributed by atoms with Crippen molar-refractivity contribution in [2.45, 2.75) is 6.92 Å². The quantitative estimate of drug-likeness (QED) is 0.508. The molecule has 2 aromatic heterocycles. The number of fused-ring (bicyclic) bond motifs is 1. The lowest BCUT2D eigenvalue weighted by molar-refractivity contribution is -0.380. The number of nitrogens with zero attached hydrogens (tertiary/aromatic N) is 3. The van der Waals surface area contributed by atoms with E-state index in [2.05, 4.69) is 4.99 Å². The van der Waals surface area contributed by atoms with Gasteiger partial charge in [0.25, 0.3) is 5.91 Å². The molecule has 1 aromatic carbocycles. The highest BCUT2D eigenvalue weighted by Crippen LogP contribution is 2.26. The van der Waals surface area contributed by atoms with E-state index in [1.165, 1.54) is 23.5 Å². The van der Waals surface area contributed by atoms with Crippen LogP contribution in [0.15, 0.2) is 29.3 Å². The second-order valence-electron chi connectivity index (χ2n) is 4.83. The predicted octanol–water partition coefficient (Wildman–Crippen LogP) is 3.91. The fourth-order valence-electron chi connectivity index (χ4n) is 2.26. The Hall–Kier alpha value is -2.03. The second kappa shape index (κ2) is 5.88. The molecule has 0 unspecified atom stereocenters. The van der Waals surface area contributed by atoms with Crippen molar-refractivity contribution < 1.29 is 9.72 Å². The van der Waals surface area contributed by atoms with Gasteiger partial charge in [-0.3, -0.25) is 14.9 Å². The summed E-state index contributed by atoms with van der Waals surface area (Å²) in [6, 6.07) is 6.41. The highest BCUT2D eigenvalue weighted by atomic mass is 35.5. The highest BCUT2D eigenvalue weighted by molar-refractivity contribution is 7.17. The van der Waals surface area contributed by atoms with Crippen molar-refractivity contribution in [1.29, 1.82) is 0 Å². The Bertz CT molecular complexity index is 1020. The molecule has 0 aliphatic rings. The number of carbonyl (C=O) groups is 1. The Morgan fingerprint density at radius 2 is 2.09 bits per heavy atom. The Kier molecular flexibility index (Phi) is 4.05. The van der Waals surface area contributed by atoms with Gasteiger partial charge in [-0.05, 0) is 30.7 Å². The van der Waals surface area contributed by atoms with Gasteiger partial charge in [0.1, 0.15) is 4.88 Å². The number of aromatic nitrogens is 1. The number of halogens is 1. The molecule has 0 bridgehead atoms. The molecule has 0 saturated heterocycles. The number of hydrogen-bond acceptors (Lipinski definition) is 5. The SMILES string of the molecule is Cc1cc(Cl)cc2sc(=NC(=O)c3ccc([N+](=O)[O-])s3)n(C)c12. The largest absolute Gasteiger partial charge is 0.324 e. The summed E-state index contributed by atoms with van der Waals surface area (Å²) >= 11 is 8.23. The average molecular weight is 368 g/mol. The van der Waals surface area contributed by atoms with Crippen LogP contribution >= 0.6 is 34.3 Å². The number of benzene rings is 1. The molecule has 0 aliphatic heterocycles. The number of hydrogen-bond donors (Lipinski definition) is 0. The first-order valence-corrected chi connectivity index (χ1v) is 8.47. The van der Waals surface area contributed by atoms with Crippen molar-refractivity contribution >= 4 is 55.4 Å². The van der Waals surface area contributed by atoms with E-state index in [1.807, 2.05) is 30.7 Å². The Balaban J connectivity index is 2.10. The number of nitro groups is 1. The first-order valence-electron chi connectivity index (χ1n) is 6.46. The molecule has 23 heavy (non-hydrogen) atoms. The van der Waals surface area contributed by atoms with E-state index in [0.29, 0.717) is 9.82 Å². The van der Waals surface area contributed by atoms with Crippen LogP contribution in [0.25, 0.3) is 10.2 Å². The van der Waals surface area contributed by atoms with Gasteiger partial charge in [-0.2, -0.15) is 4.99 Å². The van der Waals surface area contributed by atoms with Gasteiger partial charge in [-0.1, -0.05) is 34.3 Å². The van der Waals surface area contributed by atoms with Crippen LogP contribution in [0.2, 0.25) is 5.02 Å². The van der Waals surface area contributed by atoms with Crippen LogP contribution in [0.1, 0.15) is 15.2 Å². The molecule has 118 valence electrons. The lowest BCUT2D eigenvalue weighted by Gasteiger charge is -2.00. The van der Waals surface area contributed by atoms with Crippen molar-refractivity contribution in [3.63, 3.8) is 0 Å². The smallest absolute Gasteiger partial charge is 0.319 e. The van der Waals surface area contributed by atoms with Crippen molar-refractivity contribution in [3.8, 4) is 0 Å². The Morgan fingerprint density at radius 3 is 2.74 bits per heavy atom. The fourth-order valence-corrected chi connectivity index (χ4v) is 4.43. The maximum absolute atomic E-state index is 12.2. The zero-order valence-corrected chi connectivity index (χ0v) is 14.5. The molecule has 0 N–H and O–H groups in total. The molecule has 1 amide bonds. The number of thiazole rings is 1. The predicted molar refractivity (Wildman–Crippen MR) is 91.4 cm³/mol. The Morgan fingerprint density at radius 1 is 1.35 bits per heavy atom. The van der Waals surface area contributed by atoms with Gasteiger partial charge in [-0.15, -0.1) is 0 Å². The summed E-state index contributed by atoms with van der Waals surface area (Å²) in [6.45, 7) is 1.94. The molecule has 0 spiro atoms. The number of rotatable bonds is 2. The van der Waals surface area contributed by atoms with Gasteiger partial charge in [0.2, 0.25) is 0 Å². The monoisotopic (exact) mass is 367 g/mol. The third-order valence-corrected chi connectivity index (χ3v) is 5.56. The molecule has 9 heteroatoms. The maximum atomic E-state index is 12.2. The topological polar surface area (TPSA) is 77.5 Å². The first-order chi connectivity index (χ1) is 10.9.